The molecule has 0 bridgehead atoms. The predicted molar refractivity (Wildman–Crippen MR) is 74.9 cm³/mol. The third kappa shape index (κ3) is 3.80. The molecule has 4 nitrogen and oxygen atoms in total. The second-order valence-corrected chi connectivity index (χ2v) is 6.49. The van der Waals surface area contributed by atoms with Crippen molar-refractivity contribution >= 4 is 0 Å². The zero-order chi connectivity index (χ0) is 14.0. The molecule has 2 rings (SSSR count). The summed E-state index contributed by atoms with van der Waals surface area (Å²) < 4.78 is 5.79. The monoisotopic (exact) mass is 266 g/mol. The van der Waals surface area contributed by atoms with E-state index >= 15 is 0 Å². The maximum absolute atomic E-state index is 9.94. The molecule has 0 amide bonds. The van der Waals surface area contributed by atoms with Gasteiger partial charge in [-0.25, -0.2) is 4.98 Å². The first-order valence-electron chi connectivity index (χ1n) is 7.25. The first kappa shape index (κ1) is 14.5. The molecule has 2 heterocycles. The molecule has 1 fully saturated rings. The van der Waals surface area contributed by atoms with E-state index in [0.29, 0.717) is 0 Å². The molecular formula is C15H26N2O2. The zero-order valence-electron chi connectivity index (χ0n) is 12.6. The van der Waals surface area contributed by atoms with Crippen molar-refractivity contribution in [3.8, 4) is 0 Å². The van der Waals surface area contributed by atoms with Crippen LogP contribution in [0.4, 0.5) is 0 Å². The Morgan fingerprint density at radius 3 is 2.84 bits per heavy atom. The number of aryl methyl sites for hydroxylation is 2. The topological polar surface area (TPSA) is 49.5 Å². The van der Waals surface area contributed by atoms with E-state index in [1.54, 1.807) is 0 Å². The average Bonchev–Trinajstić information content (AvgIpc) is 2.59. The molecule has 1 saturated heterocycles. The summed E-state index contributed by atoms with van der Waals surface area (Å²) in [5.41, 5.74) is 1.15. The molecule has 0 spiro atoms. The third-order valence-corrected chi connectivity index (χ3v) is 3.83. The van der Waals surface area contributed by atoms with Gasteiger partial charge in [0.2, 0.25) is 0 Å². The lowest BCUT2D eigenvalue weighted by molar-refractivity contribution is 0.120. The van der Waals surface area contributed by atoms with Crippen LogP contribution in [-0.2, 0) is 13.0 Å². The van der Waals surface area contributed by atoms with Crippen molar-refractivity contribution in [1.29, 1.82) is 0 Å². The Kier molecular flexibility index (Phi) is 4.31. The quantitative estimate of drug-likeness (QED) is 0.913. The summed E-state index contributed by atoms with van der Waals surface area (Å²) in [6, 6.07) is 0. The second-order valence-electron chi connectivity index (χ2n) is 6.49. The van der Waals surface area contributed by atoms with Crippen molar-refractivity contribution in [2.75, 3.05) is 13.1 Å². The van der Waals surface area contributed by atoms with Crippen LogP contribution in [0.5, 0.6) is 0 Å². The lowest BCUT2D eigenvalue weighted by Crippen LogP contribution is -2.32. The van der Waals surface area contributed by atoms with E-state index in [1.165, 1.54) is 0 Å². The highest BCUT2D eigenvalue weighted by molar-refractivity contribution is 5.08. The Morgan fingerprint density at radius 1 is 1.47 bits per heavy atom. The summed E-state index contributed by atoms with van der Waals surface area (Å²) in [7, 11) is 0. The van der Waals surface area contributed by atoms with Crippen LogP contribution in [0.3, 0.4) is 0 Å². The van der Waals surface area contributed by atoms with Gasteiger partial charge in [0.15, 0.2) is 5.89 Å². The molecule has 1 aromatic heterocycles. The number of rotatable bonds is 3. The molecule has 1 atom stereocenters. The molecule has 1 aliphatic rings. The van der Waals surface area contributed by atoms with Crippen LogP contribution >= 0.6 is 0 Å². The number of hydrogen-bond acceptors (Lipinski definition) is 4. The van der Waals surface area contributed by atoms with Crippen LogP contribution in [-0.4, -0.2) is 34.2 Å². The highest BCUT2D eigenvalue weighted by Gasteiger charge is 2.29. The number of aliphatic hydroxyl groups excluding tert-OH is 1. The molecule has 4 heteroatoms. The van der Waals surface area contributed by atoms with Gasteiger partial charge in [-0.2, -0.15) is 0 Å². The fraction of sp³-hybridized carbons (Fsp3) is 0.800. The molecule has 1 aromatic rings. The highest BCUT2D eigenvalue weighted by atomic mass is 16.4. The van der Waals surface area contributed by atoms with Crippen LogP contribution < -0.4 is 0 Å². The molecule has 1 N–H and O–H groups in total. The highest BCUT2D eigenvalue weighted by Crippen LogP contribution is 2.29. The van der Waals surface area contributed by atoms with Crippen molar-refractivity contribution in [1.82, 2.24) is 9.88 Å². The normalized spacial score (nSPS) is 24.4. The number of oxazole rings is 1. The largest absolute Gasteiger partial charge is 0.444 e. The van der Waals surface area contributed by atoms with Crippen molar-refractivity contribution < 1.29 is 9.52 Å². The summed E-state index contributed by atoms with van der Waals surface area (Å²) in [5.74, 6) is 1.80. The fourth-order valence-corrected chi connectivity index (χ4v) is 2.94. The number of nitrogens with zero attached hydrogens (tertiary/aromatic N) is 2. The van der Waals surface area contributed by atoms with Gasteiger partial charge in [0, 0.05) is 19.5 Å². The van der Waals surface area contributed by atoms with E-state index in [2.05, 4.69) is 30.7 Å². The Labute approximate surface area is 115 Å². The third-order valence-electron chi connectivity index (χ3n) is 3.83. The van der Waals surface area contributed by atoms with Crippen LogP contribution in [0.15, 0.2) is 4.42 Å². The van der Waals surface area contributed by atoms with Gasteiger partial charge < -0.3 is 9.52 Å². The van der Waals surface area contributed by atoms with E-state index in [9.17, 15) is 5.11 Å². The summed E-state index contributed by atoms with van der Waals surface area (Å²) >= 11 is 0. The van der Waals surface area contributed by atoms with Crippen molar-refractivity contribution in [3.63, 3.8) is 0 Å². The number of hydrogen-bond donors (Lipinski definition) is 1. The summed E-state index contributed by atoms with van der Waals surface area (Å²) in [6.45, 7) is 11.2. The molecule has 0 aliphatic carbocycles. The average molecular weight is 266 g/mol. The maximum Gasteiger partial charge on any atom is 0.194 e. The van der Waals surface area contributed by atoms with E-state index in [-0.39, 0.29) is 11.5 Å². The van der Waals surface area contributed by atoms with Crippen LogP contribution in [0.2, 0.25) is 0 Å². The molecule has 0 saturated carbocycles. The second kappa shape index (κ2) is 5.63. The molecule has 108 valence electrons. The lowest BCUT2D eigenvalue weighted by atomic mass is 9.87. The Hall–Kier alpha value is -0.870. The Morgan fingerprint density at radius 2 is 2.21 bits per heavy atom. The van der Waals surface area contributed by atoms with Crippen LogP contribution in [0.25, 0.3) is 0 Å². The van der Waals surface area contributed by atoms with Gasteiger partial charge in [-0.1, -0.05) is 20.8 Å². The Bertz CT molecular complexity index is 426. The molecule has 0 radical (unpaired) electrons. The van der Waals surface area contributed by atoms with E-state index < -0.39 is 0 Å². The minimum Gasteiger partial charge on any atom is -0.444 e. The summed E-state index contributed by atoms with van der Waals surface area (Å²) in [5, 5.41) is 9.94. The molecule has 0 aromatic carbocycles. The summed E-state index contributed by atoms with van der Waals surface area (Å²) in [6.07, 6.45) is 2.38. The van der Waals surface area contributed by atoms with Gasteiger partial charge in [-0.3, -0.25) is 4.90 Å². The first-order chi connectivity index (χ1) is 8.89. The number of aliphatic hydroxyl groups is 1. The van der Waals surface area contributed by atoms with E-state index in [4.69, 9.17) is 4.42 Å². The SMILES string of the molecule is CCc1nc(C)c(CN2CCC(O)CC(C)(C)C2)o1. The first-order valence-corrected chi connectivity index (χ1v) is 7.25. The van der Waals surface area contributed by atoms with Crippen LogP contribution in [0, 0.1) is 12.3 Å². The van der Waals surface area contributed by atoms with Crippen molar-refractivity contribution in [2.24, 2.45) is 5.41 Å². The molecule has 1 aliphatic heterocycles. The minimum atomic E-state index is -0.179. The zero-order valence-corrected chi connectivity index (χ0v) is 12.6. The van der Waals surface area contributed by atoms with Gasteiger partial charge >= 0.3 is 0 Å². The fourth-order valence-electron chi connectivity index (χ4n) is 2.94. The lowest BCUT2D eigenvalue weighted by Gasteiger charge is -2.29. The van der Waals surface area contributed by atoms with Gasteiger partial charge in [-0.15, -0.1) is 0 Å². The Balaban J connectivity index is 2.07. The smallest absolute Gasteiger partial charge is 0.194 e. The van der Waals surface area contributed by atoms with E-state index in [0.717, 1.165) is 56.2 Å². The summed E-state index contributed by atoms with van der Waals surface area (Å²) in [4.78, 5) is 6.80. The van der Waals surface area contributed by atoms with Crippen molar-refractivity contribution in [3.05, 3.63) is 17.3 Å². The standard InChI is InChI=1S/C15H26N2O2/c1-5-14-16-11(2)13(19-14)9-17-7-6-12(18)8-15(3,4)10-17/h12,18H,5-10H2,1-4H3. The van der Waals surface area contributed by atoms with Gasteiger partial charge in [0.1, 0.15) is 5.76 Å². The molecule has 1 unspecified atom stereocenters. The van der Waals surface area contributed by atoms with Gasteiger partial charge in [0.25, 0.3) is 0 Å². The van der Waals surface area contributed by atoms with Gasteiger partial charge in [0.05, 0.1) is 18.3 Å². The van der Waals surface area contributed by atoms with Crippen LogP contribution in [0.1, 0.15) is 51.0 Å². The number of likely N-dealkylation sites (tertiary alicyclic amines) is 1. The molecule has 19 heavy (non-hydrogen) atoms. The van der Waals surface area contributed by atoms with Gasteiger partial charge in [-0.05, 0) is 25.2 Å². The number of aromatic nitrogens is 1. The van der Waals surface area contributed by atoms with Crippen molar-refractivity contribution in [2.45, 2.75) is 59.6 Å². The van der Waals surface area contributed by atoms with E-state index in [1.807, 2.05) is 6.92 Å². The predicted octanol–water partition coefficient (Wildman–Crippen LogP) is 2.53. The minimum absolute atomic E-state index is 0.150. The maximum atomic E-state index is 9.94. The molecular weight excluding hydrogens is 240 g/mol.